The Labute approximate surface area is 184 Å². The first kappa shape index (κ1) is 28.7. The molecule has 5 unspecified atom stereocenters. The molecule has 0 saturated carbocycles. The predicted octanol–water partition coefficient (Wildman–Crippen LogP) is -3.97. The minimum absolute atomic E-state index is 0.0741. The quantitative estimate of drug-likeness (QED) is 0.125. The molecular formula is C18H32N6O8. The summed E-state index contributed by atoms with van der Waals surface area (Å²) in [4.78, 5) is 70.8. The molecule has 14 heteroatoms. The van der Waals surface area contributed by atoms with Crippen LogP contribution in [0, 0.1) is 5.92 Å². The summed E-state index contributed by atoms with van der Waals surface area (Å²) in [6.45, 7) is 4.79. The van der Waals surface area contributed by atoms with Crippen LogP contribution in [0.2, 0.25) is 0 Å². The van der Waals surface area contributed by atoms with Gasteiger partial charge in [0.2, 0.25) is 29.5 Å². The van der Waals surface area contributed by atoms with Crippen molar-refractivity contribution in [3.8, 4) is 0 Å². The highest BCUT2D eigenvalue weighted by atomic mass is 16.4. The highest BCUT2D eigenvalue weighted by molar-refractivity contribution is 5.96. The molecule has 0 fully saturated rings. The van der Waals surface area contributed by atoms with E-state index in [1.807, 2.05) is 19.2 Å². The number of carbonyl (C=O) groups is 6. The number of hydrogen-bond acceptors (Lipinski definition) is 8. The van der Waals surface area contributed by atoms with Crippen molar-refractivity contribution in [2.45, 2.75) is 70.3 Å². The molecule has 5 amide bonds. The highest BCUT2D eigenvalue weighted by Crippen LogP contribution is 2.05. The van der Waals surface area contributed by atoms with Crippen molar-refractivity contribution >= 4 is 35.5 Å². The molecular weight excluding hydrogens is 428 g/mol. The maximum atomic E-state index is 12.6. The van der Waals surface area contributed by atoms with Crippen LogP contribution in [-0.4, -0.2) is 76.0 Å². The first-order valence-corrected chi connectivity index (χ1v) is 9.79. The second-order valence-corrected chi connectivity index (χ2v) is 7.76. The SMILES string of the molecule is CC(C)CC(N)C(=O)NC(CC(N)=O)C(=O)NC(C(=O)NC(CC(N)=O)C(=O)O)C(C)O. The number of aliphatic carboxylic acids is 1. The fraction of sp³-hybridized carbons (Fsp3) is 0.667. The topological polar surface area (TPSA) is 257 Å². The number of rotatable bonds is 14. The molecule has 182 valence electrons. The van der Waals surface area contributed by atoms with E-state index in [4.69, 9.17) is 22.3 Å². The number of aliphatic hydroxyl groups excluding tert-OH is 1. The fourth-order valence-electron chi connectivity index (χ4n) is 2.63. The minimum Gasteiger partial charge on any atom is -0.480 e. The summed E-state index contributed by atoms with van der Waals surface area (Å²) in [7, 11) is 0. The molecule has 0 aliphatic heterocycles. The average molecular weight is 460 g/mol. The number of hydrogen-bond donors (Lipinski definition) is 8. The number of amides is 5. The van der Waals surface area contributed by atoms with Crippen molar-refractivity contribution in [3.63, 3.8) is 0 Å². The van der Waals surface area contributed by atoms with Gasteiger partial charge in [-0.05, 0) is 19.3 Å². The molecule has 32 heavy (non-hydrogen) atoms. The van der Waals surface area contributed by atoms with Gasteiger partial charge in [-0.3, -0.25) is 24.0 Å². The molecule has 0 rings (SSSR count). The molecule has 5 atom stereocenters. The van der Waals surface area contributed by atoms with Crippen LogP contribution >= 0.6 is 0 Å². The number of carbonyl (C=O) groups excluding carboxylic acids is 5. The molecule has 11 N–H and O–H groups in total. The molecule has 0 aliphatic carbocycles. The second kappa shape index (κ2) is 13.2. The second-order valence-electron chi connectivity index (χ2n) is 7.76. The van der Waals surface area contributed by atoms with Gasteiger partial charge in [0.15, 0.2) is 0 Å². The first-order valence-electron chi connectivity index (χ1n) is 9.79. The van der Waals surface area contributed by atoms with Crippen LogP contribution in [0.4, 0.5) is 0 Å². The zero-order valence-electron chi connectivity index (χ0n) is 18.2. The Morgan fingerprint density at radius 2 is 1.25 bits per heavy atom. The lowest BCUT2D eigenvalue weighted by Gasteiger charge is -2.26. The number of carboxylic acid groups (broad SMARTS) is 1. The van der Waals surface area contributed by atoms with Crippen LogP contribution in [0.25, 0.3) is 0 Å². The maximum Gasteiger partial charge on any atom is 0.326 e. The Hall–Kier alpha value is -3.26. The third-order valence-corrected chi connectivity index (χ3v) is 4.18. The highest BCUT2D eigenvalue weighted by Gasteiger charge is 2.33. The van der Waals surface area contributed by atoms with E-state index in [1.54, 1.807) is 0 Å². The number of nitrogens with two attached hydrogens (primary N) is 3. The molecule has 0 spiro atoms. The molecule has 0 heterocycles. The lowest BCUT2D eigenvalue weighted by molar-refractivity contribution is -0.144. The zero-order chi connectivity index (χ0) is 25.2. The summed E-state index contributed by atoms with van der Waals surface area (Å²) in [5.74, 6) is -6.34. The van der Waals surface area contributed by atoms with Gasteiger partial charge in [-0.25, -0.2) is 4.79 Å². The summed E-state index contributed by atoms with van der Waals surface area (Å²) in [5.41, 5.74) is 15.8. The number of carboxylic acids is 1. The number of aliphatic hydroxyl groups is 1. The summed E-state index contributed by atoms with van der Waals surface area (Å²) in [6.07, 6.45) is -2.57. The Bertz CT molecular complexity index is 726. The Balaban J connectivity index is 5.45. The summed E-state index contributed by atoms with van der Waals surface area (Å²) in [5, 5.41) is 25.4. The number of primary amides is 2. The van der Waals surface area contributed by atoms with E-state index >= 15 is 0 Å². The number of nitrogens with one attached hydrogen (secondary N) is 3. The maximum absolute atomic E-state index is 12.6. The first-order chi connectivity index (χ1) is 14.6. The van der Waals surface area contributed by atoms with Gasteiger partial charge in [0, 0.05) is 0 Å². The molecule has 0 aromatic heterocycles. The Morgan fingerprint density at radius 1 is 0.781 bits per heavy atom. The summed E-state index contributed by atoms with van der Waals surface area (Å²) in [6, 6.07) is -5.87. The summed E-state index contributed by atoms with van der Waals surface area (Å²) >= 11 is 0. The van der Waals surface area contributed by atoms with Crippen LogP contribution in [0.3, 0.4) is 0 Å². The van der Waals surface area contributed by atoms with Gasteiger partial charge in [-0.15, -0.1) is 0 Å². The van der Waals surface area contributed by atoms with Gasteiger partial charge in [-0.1, -0.05) is 13.8 Å². The van der Waals surface area contributed by atoms with Gasteiger partial charge in [0.1, 0.15) is 18.1 Å². The van der Waals surface area contributed by atoms with E-state index in [0.717, 1.165) is 6.92 Å². The monoisotopic (exact) mass is 460 g/mol. The standard InChI is InChI=1S/C18H32N6O8/c1-7(2)4-9(19)15(28)22-10(5-12(20)26)16(29)24-14(8(3)25)17(30)23-11(18(31)32)6-13(21)27/h7-11,14,25H,4-6,19H2,1-3H3,(H2,20,26)(H2,21,27)(H,22,28)(H,23,30)(H,24,29)(H,31,32). The zero-order valence-corrected chi connectivity index (χ0v) is 18.2. The van der Waals surface area contributed by atoms with E-state index in [0.29, 0.717) is 6.42 Å². The van der Waals surface area contributed by atoms with Gasteiger partial charge < -0.3 is 43.4 Å². The van der Waals surface area contributed by atoms with Crippen LogP contribution in [0.1, 0.15) is 40.0 Å². The normalized spacial score (nSPS) is 15.6. The smallest absolute Gasteiger partial charge is 0.326 e. The summed E-state index contributed by atoms with van der Waals surface area (Å²) < 4.78 is 0. The van der Waals surface area contributed by atoms with Crippen molar-refractivity contribution in [3.05, 3.63) is 0 Å². The van der Waals surface area contributed by atoms with Crippen molar-refractivity contribution in [2.75, 3.05) is 0 Å². The van der Waals surface area contributed by atoms with Crippen LogP contribution in [-0.2, 0) is 28.8 Å². The van der Waals surface area contributed by atoms with E-state index in [-0.39, 0.29) is 5.92 Å². The lowest BCUT2D eigenvalue weighted by Crippen LogP contribution is -2.60. The third kappa shape index (κ3) is 10.7. The fourth-order valence-corrected chi connectivity index (χ4v) is 2.63. The average Bonchev–Trinajstić information content (AvgIpc) is 2.62. The van der Waals surface area contributed by atoms with Crippen molar-refractivity contribution < 1.29 is 39.0 Å². The Morgan fingerprint density at radius 3 is 1.66 bits per heavy atom. The van der Waals surface area contributed by atoms with Gasteiger partial charge >= 0.3 is 5.97 Å². The molecule has 0 aromatic rings. The largest absolute Gasteiger partial charge is 0.480 e. The predicted molar refractivity (Wildman–Crippen MR) is 110 cm³/mol. The van der Waals surface area contributed by atoms with Crippen molar-refractivity contribution in [2.24, 2.45) is 23.1 Å². The van der Waals surface area contributed by atoms with Crippen molar-refractivity contribution in [1.29, 1.82) is 0 Å². The van der Waals surface area contributed by atoms with Crippen molar-refractivity contribution in [1.82, 2.24) is 16.0 Å². The van der Waals surface area contributed by atoms with E-state index < -0.39 is 78.6 Å². The molecule has 14 nitrogen and oxygen atoms in total. The molecule has 0 aliphatic rings. The molecule has 0 aromatic carbocycles. The molecule has 0 bridgehead atoms. The van der Waals surface area contributed by atoms with Gasteiger partial charge in [-0.2, -0.15) is 0 Å². The minimum atomic E-state index is -1.70. The van der Waals surface area contributed by atoms with Crippen LogP contribution in [0.5, 0.6) is 0 Å². The van der Waals surface area contributed by atoms with Gasteiger partial charge in [0.05, 0.1) is 25.0 Å². The van der Waals surface area contributed by atoms with Crippen LogP contribution < -0.4 is 33.2 Å². The molecule has 0 radical (unpaired) electrons. The lowest BCUT2D eigenvalue weighted by atomic mass is 10.0. The Kier molecular flexibility index (Phi) is 11.9. The van der Waals surface area contributed by atoms with Gasteiger partial charge in [0.25, 0.3) is 0 Å². The van der Waals surface area contributed by atoms with E-state index in [9.17, 15) is 33.9 Å². The third-order valence-electron chi connectivity index (χ3n) is 4.18. The van der Waals surface area contributed by atoms with E-state index in [2.05, 4.69) is 10.6 Å². The van der Waals surface area contributed by atoms with Crippen LogP contribution in [0.15, 0.2) is 0 Å². The van der Waals surface area contributed by atoms with E-state index in [1.165, 1.54) is 0 Å². The molecule has 0 saturated heterocycles.